The lowest BCUT2D eigenvalue weighted by Gasteiger charge is -2.25. The van der Waals surface area contributed by atoms with Gasteiger partial charge in [0.15, 0.2) is 0 Å². The van der Waals surface area contributed by atoms with Crippen LogP contribution in [-0.2, 0) is 11.2 Å². The van der Waals surface area contributed by atoms with Gasteiger partial charge in [-0.05, 0) is 31.5 Å². The first kappa shape index (κ1) is 15.5. The Hall–Kier alpha value is -1.88. The third-order valence-electron chi connectivity index (χ3n) is 3.57. The number of aromatic nitrogens is 1. The van der Waals surface area contributed by atoms with E-state index in [1.807, 2.05) is 50.5 Å². The number of hydrogen-bond donors (Lipinski definition) is 0. The molecular formula is C16H20N2O2S. The van der Waals surface area contributed by atoms with Gasteiger partial charge in [0, 0.05) is 12.4 Å². The van der Waals surface area contributed by atoms with Gasteiger partial charge in [-0.25, -0.2) is 4.98 Å². The number of hydrogen-bond acceptors (Lipinski definition) is 4. The van der Waals surface area contributed by atoms with Crippen molar-refractivity contribution in [1.82, 2.24) is 9.88 Å². The number of benzene rings is 1. The zero-order valence-electron chi connectivity index (χ0n) is 12.8. The number of nitrogens with zero attached hydrogens (tertiary/aromatic N) is 2. The number of amides is 1. The molecule has 21 heavy (non-hydrogen) atoms. The summed E-state index contributed by atoms with van der Waals surface area (Å²) in [7, 11) is 3.47. The van der Waals surface area contributed by atoms with Gasteiger partial charge in [0.2, 0.25) is 5.91 Å². The molecule has 0 bridgehead atoms. The van der Waals surface area contributed by atoms with E-state index in [1.54, 1.807) is 23.3 Å². The molecular weight excluding hydrogens is 284 g/mol. The summed E-state index contributed by atoms with van der Waals surface area (Å²) >= 11 is 1.57. The topological polar surface area (TPSA) is 42.4 Å². The molecule has 0 saturated carbocycles. The molecule has 1 atom stereocenters. The molecule has 0 radical (unpaired) electrons. The summed E-state index contributed by atoms with van der Waals surface area (Å²) in [6.07, 6.45) is 0.349. The Morgan fingerprint density at radius 2 is 2.05 bits per heavy atom. The van der Waals surface area contributed by atoms with Crippen molar-refractivity contribution in [2.75, 3.05) is 14.2 Å². The van der Waals surface area contributed by atoms with Gasteiger partial charge in [-0.1, -0.05) is 12.1 Å². The summed E-state index contributed by atoms with van der Waals surface area (Å²) in [5.74, 6) is 0.890. The van der Waals surface area contributed by atoms with Crippen molar-refractivity contribution in [3.8, 4) is 5.75 Å². The number of methoxy groups -OCH3 is 1. The Morgan fingerprint density at radius 1 is 1.38 bits per heavy atom. The molecule has 2 rings (SSSR count). The van der Waals surface area contributed by atoms with E-state index in [1.165, 1.54) is 0 Å². The standard InChI is InChI=1S/C16H20N2O2S/c1-11(13-5-7-15(20-4)8-6-13)18(3)16(19)9-14-10-21-12(2)17-14/h5-8,10-11H,9H2,1-4H3. The number of likely N-dealkylation sites (N-methyl/N-ethyl adjacent to an activating group) is 1. The second kappa shape index (κ2) is 6.72. The largest absolute Gasteiger partial charge is 0.497 e. The molecule has 1 amide bonds. The van der Waals surface area contributed by atoms with Crippen LogP contribution in [-0.4, -0.2) is 29.9 Å². The lowest BCUT2D eigenvalue weighted by molar-refractivity contribution is -0.131. The maximum atomic E-state index is 12.3. The van der Waals surface area contributed by atoms with Gasteiger partial charge in [0.05, 0.1) is 30.3 Å². The van der Waals surface area contributed by atoms with Gasteiger partial charge in [-0.15, -0.1) is 11.3 Å². The van der Waals surface area contributed by atoms with Crippen molar-refractivity contribution in [2.24, 2.45) is 0 Å². The highest BCUT2D eigenvalue weighted by molar-refractivity contribution is 7.09. The Balaban J connectivity index is 2.03. The molecule has 0 aliphatic heterocycles. The zero-order chi connectivity index (χ0) is 15.4. The summed E-state index contributed by atoms with van der Waals surface area (Å²) in [6.45, 7) is 3.97. The number of rotatable bonds is 5. The molecule has 0 spiro atoms. The second-order valence-electron chi connectivity index (χ2n) is 4.99. The second-order valence-corrected chi connectivity index (χ2v) is 6.05. The van der Waals surface area contributed by atoms with E-state index in [-0.39, 0.29) is 11.9 Å². The molecule has 1 heterocycles. The van der Waals surface area contributed by atoms with E-state index in [0.717, 1.165) is 22.0 Å². The third kappa shape index (κ3) is 3.82. The van der Waals surface area contributed by atoms with Crippen LogP contribution in [0.15, 0.2) is 29.6 Å². The molecule has 4 nitrogen and oxygen atoms in total. The Bertz CT molecular complexity index is 607. The quantitative estimate of drug-likeness (QED) is 0.852. The van der Waals surface area contributed by atoms with Crippen molar-refractivity contribution in [2.45, 2.75) is 26.3 Å². The molecule has 0 N–H and O–H groups in total. The first-order valence-electron chi connectivity index (χ1n) is 6.82. The van der Waals surface area contributed by atoms with Gasteiger partial charge < -0.3 is 9.64 Å². The minimum atomic E-state index is 0.0168. The maximum absolute atomic E-state index is 12.3. The van der Waals surface area contributed by atoms with E-state index in [9.17, 15) is 4.79 Å². The molecule has 0 aliphatic rings. The molecule has 1 aromatic heterocycles. The fourth-order valence-electron chi connectivity index (χ4n) is 2.09. The van der Waals surface area contributed by atoms with Gasteiger partial charge in [-0.3, -0.25) is 4.79 Å². The molecule has 1 unspecified atom stereocenters. The van der Waals surface area contributed by atoms with Crippen LogP contribution in [0.3, 0.4) is 0 Å². The Kier molecular flexibility index (Phi) is 4.96. The molecule has 2 aromatic rings. The van der Waals surface area contributed by atoms with Gasteiger partial charge in [-0.2, -0.15) is 0 Å². The fraction of sp³-hybridized carbons (Fsp3) is 0.375. The van der Waals surface area contributed by atoms with Crippen LogP contribution in [0.5, 0.6) is 5.75 Å². The van der Waals surface area contributed by atoms with Gasteiger partial charge in [0.25, 0.3) is 0 Å². The molecule has 0 aliphatic carbocycles. The summed E-state index contributed by atoms with van der Waals surface area (Å²) < 4.78 is 5.15. The first-order chi connectivity index (χ1) is 10.0. The maximum Gasteiger partial charge on any atom is 0.228 e. The number of ether oxygens (including phenoxy) is 1. The summed E-state index contributed by atoms with van der Waals surface area (Å²) in [4.78, 5) is 18.4. The Morgan fingerprint density at radius 3 is 2.57 bits per heavy atom. The van der Waals surface area contributed by atoms with Crippen LogP contribution in [0.2, 0.25) is 0 Å². The summed E-state index contributed by atoms with van der Waals surface area (Å²) in [5.41, 5.74) is 1.93. The first-order valence-corrected chi connectivity index (χ1v) is 7.70. The Labute approximate surface area is 129 Å². The lowest BCUT2D eigenvalue weighted by atomic mass is 10.1. The minimum absolute atomic E-state index is 0.0168. The summed E-state index contributed by atoms with van der Waals surface area (Å²) in [5, 5.41) is 2.93. The zero-order valence-corrected chi connectivity index (χ0v) is 13.6. The minimum Gasteiger partial charge on any atom is -0.497 e. The van der Waals surface area contributed by atoms with E-state index in [0.29, 0.717) is 6.42 Å². The molecule has 0 saturated heterocycles. The highest BCUT2D eigenvalue weighted by Crippen LogP contribution is 2.22. The average Bonchev–Trinajstić information content (AvgIpc) is 2.90. The van der Waals surface area contributed by atoms with E-state index >= 15 is 0 Å². The highest BCUT2D eigenvalue weighted by atomic mass is 32.1. The normalized spacial score (nSPS) is 12.0. The van der Waals surface area contributed by atoms with Crippen LogP contribution < -0.4 is 4.74 Å². The SMILES string of the molecule is COc1ccc(C(C)N(C)C(=O)Cc2csc(C)n2)cc1. The number of carbonyl (C=O) groups is 1. The number of thiazole rings is 1. The smallest absolute Gasteiger partial charge is 0.228 e. The number of carbonyl (C=O) groups excluding carboxylic acids is 1. The van der Waals surface area contributed by atoms with Crippen molar-refractivity contribution < 1.29 is 9.53 Å². The van der Waals surface area contributed by atoms with Crippen molar-refractivity contribution >= 4 is 17.2 Å². The van der Waals surface area contributed by atoms with Crippen molar-refractivity contribution in [1.29, 1.82) is 0 Å². The van der Waals surface area contributed by atoms with Crippen LogP contribution in [0, 0.1) is 6.92 Å². The van der Waals surface area contributed by atoms with Crippen LogP contribution in [0.1, 0.15) is 29.2 Å². The molecule has 112 valence electrons. The molecule has 1 aromatic carbocycles. The van der Waals surface area contributed by atoms with Crippen LogP contribution in [0.25, 0.3) is 0 Å². The summed E-state index contributed by atoms with van der Waals surface area (Å²) in [6, 6.07) is 7.81. The predicted octanol–water partition coefficient (Wildman–Crippen LogP) is 3.22. The van der Waals surface area contributed by atoms with E-state index in [2.05, 4.69) is 4.98 Å². The van der Waals surface area contributed by atoms with E-state index < -0.39 is 0 Å². The lowest BCUT2D eigenvalue weighted by Crippen LogP contribution is -2.31. The molecule has 0 fully saturated rings. The average molecular weight is 304 g/mol. The highest BCUT2D eigenvalue weighted by Gasteiger charge is 2.18. The third-order valence-corrected chi connectivity index (χ3v) is 4.39. The number of aryl methyl sites for hydroxylation is 1. The van der Waals surface area contributed by atoms with Crippen LogP contribution in [0.4, 0.5) is 0 Å². The van der Waals surface area contributed by atoms with Gasteiger partial charge in [0.1, 0.15) is 5.75 Å². The fourth-order valence-corrected chi connectivity index (χ4v) is 2.70. The monoisotopic (exact) mass is 304 g/mol. The molecule has 5 heteroatoms. The predicted molar refractivity (Wildman–Crippen MR) is 84.7 cm³/mol. The van der Waals surface area contributed by atoms with Gasteiger partial charge >= 0.3 is 0 Å². The van der Waals surface area contributed by atoms with Crippen LogP contribution >= 0.6 is 11.3 Å². The van der Waals surface area contributed by atoms with Crippen molar-refractivity contribution in [3.05, 3.63) is 45.9 Å². The van der Waals surface area contributed by atoms with Crippen molar-refractivity contribution in [3.63, 3.8) is 0 Å². The van der Waals surface area contributed by atoms with E-state index in [4.69, 9.17) is 4.74 Å².